The maximum Gasteiger partial charge on any atom is 0.417 e. The maximum absolute atomic E-state index is 12.8. The van der Waals surface area contributed by atoms with E-state index in [1.807, 2.05) is 17.0 Å². The van der Waals surface area contributed by atoms with Crippen molar-refractivity contribution in [3.63, 3.8) is 0 Å². The molecule has 3 aromatic rings. The molecule has 1 unspecified atom stereocenters. The molecule has 32 heavy (non-hydrogen) atoms. The summed E-state index contributed by atoms with van der Waals surface area (Å²) in [6.07, 6.45) is 8.35. The molecule has 0 saturated carbocycles. The van der Waals surface area contributed by atoms with Crippen molar-refractivity contribution in [2.45, 2.75) is 19.0 Å². The van der Waals surface area contributed by atoms with Gasteiger partial charge in [0.1, 0.15) is 11.5 Å². The number of rotatable bonds is 4. The van der Waals surface area contributed by atoms with Gasteiger partial charge in [-0.15, -0.1) is 10.2 Å². The highest BCUT2D eigenvalue weighted by molar-refractivity contribution is 5.89. The van der Waals surface area contributed by atoms with Crippen molar-refractivity contribution >= 4 is 22.6 Å². The molecule has 0 bridgehead atoms. The summed E-state index contributed by atoms with van der Waals surface area (Å²) in [5, 5.41) is 9.94. The SMILES string of the molecule is FC(F)(F)c1ccc(N2CCN(c3nnc(CC4C=CC=CC4)c4occc34)CC2)nc1. The van der Waals surface area contributed by atoms with Crippen LogP contribution in [0.3, 0.4) is 0 Å². The fourth-order valence-corrected chi connectivity index (χ4v) is 4.20. The number of alkyl halides is 3. The lowest BCUT2D eigenvalue weighted by molar-refractivity contribution is -0.137. The molecule has 0 amide bonds. The quantitative estimate of drug-likeness (QED) is 0.588. The van der Waals surface area contributed by atoms with Crippen LogP contribution < -0.4 is 9.80 Å². The first-order valence-corrected chi connectivity index (χ1v) is 10.6. The van der Waals surface area contributed by atoms with Crippen molar-refractivity contribution in [3.05, 3.63) is 66.2 Å². The van der Waals surface area contributed by atoms with Gasteiger partial charge in [-0.25, -0.2) is 4.98 Å². The number of piperazine rings is 1. The molecule has 1 fully saturated rings. The van der Waals surface area contributed by atoms with Gasteiger partial charge in [0, 0.05) is 38.8 Å². The molecular formula is C23H22F3N5O. The topological polar surface area (TPSA) is 58.3 Å². The first-order chi connectivity index (χ1) is 15.5. The van der Waals surface area contributed by atoms with E-state index in [4.69, 9.17) is 4.42 Å². The van der Waals surface area contributed by atoms with E-state index in [9.17, 15) is 13.2 Å². The summed E-state index contributed by atoms with van der Waals surface area (Å²) in [6, 6.07) is 4.42. The number of pyridine rings is 1. The number of anilines is 2. The molecule has 6 nitrogen and oxygen atoms in total. The fourth-order valence-electron chi connectivity index (χ4n) is 4.20. The summed E-state index contributed by atoms with van der Waals surface area (Å²) in [5.41, 5.74) is 0.883. The van der Waals surface area contributed by atoms with Crippen LogP contribution >= 0.6 is 0 Å². The Balaban J connectivity index is 1.29. The fraction of sp³-hybridized carbons (Fsp3) is 0.348. The summed E-state index contributed by atoms with van der Waals surface area (Å²) in [7, 11) is 0. The molecule has 0 spiro atoms. The average molecular weight is 441 g/mol. The van der Waals surface area contributed by atoms with Crippen LogP contribution in [-0.4, -0.2) is 41.4 Å². The molecule has 3 aromatic heterocycles. The number of hydrogen-bond donors (Lipinski definition) is 0. The Bertz CT molecular complexity index is 1140. The Morgan fingerprint density at radius 1 is 1.00 bits per heavy atom. The number of fused-ring (bicyclic) bond motifs is 1. The van der Waals surface area contributed by atoms with Crippen LogP contribution in [0.1, 0.15) is 17.7 Å². The highest BCUT2D eigenvalue weighted by Crippen LogP contribution is 2.31. The van der Waals surface area contributed by atoms with E-state index in [0.717, 1.165) is 47.6 Å². The third-order valence-electron chi connectivity index (χ3n) is 5.94. The largest absolute Gasteiger partial charge is 0.462 e. The van der Waals surface area contributed by atoms with Crippen LogP contribution in [0.25, 0.3) is 11.0 Å². The summed E-state index contributed by atoms with van der Waals surface area (Å²) in [4.78, 5) is 8.13. The summed E-state index contributed by atoms with van der Waals surface area (Å²) in [6.45, 7) is 2.57. The van der Waals surface area contributed by atoms with Crippen molar-refractivity contribution in [1.82, 2.24) is 15.2 Å². The van der Waals surface area contributed by atoms with E-state index < -0.39 is 11.7 Å². The third kappa shape index (κ3) is 4.06. The predicted molar refractivity (Wildman–Crippen MR) is 116 cm³/mol. The number of allylic oxidation sites excluding steroid dienone is 4. The van der Waals surface area contributed by atoms with Crippen molar-refractivity contribution < 1.29 is 17.6 Å². The molecule has 2 aliphatic rings. The Labute approximate surface area is 183 Å². The van der Waals surface area contributed by atoms with Gasteiger partial charge in [-0.05, 0) is 30.5 Å². The number of hydrogen-bond acceptors (Lipinski definition) is 6. The van der Waals surface area contributed by atoms with Gasteiger partial charge >= 0.3 is 6.18 Å². The van der Waals surface area contributed by atoms with E-state index >= 15 is 0 Å². The van der Waals surface area contributed by atoms with Crippen LogP contribution in [0.15, 0.2) is 59.4 Å². The van der Waals surface area contributed by atoms with E-state index in [2.05, 4.69) is 38.3 Å². The minimum absolute atomic E-state index is 0.383. The van der Waals surface area contributed by atoms with Crippen LogP contribution in [0.5, 0.6) is 0 Å². The second kappa shape index (κ2) is 8.29. The number of halogens is 3. The highest BCUT2D eigenvalue weighted by atomic mass is 19.4. The molecule has 0 aromatic carbocycles. The first-order valence-electron chi connectivity index (χ1n) is 10.6. The molecule has 0 radical (unpaired) electrons. The Hall–Kier alpha value is -3.36. The van der Waals surface area contributed by atoms with Crippen molar-refractivity contribution in [3.8, 4) is 0 Å². The van der Waals surface area contributed by atoms with Gasteiger partial charge in [0.2, 0.25) is 0 Å². The predicted octanol–water partition coefficient (Wildman–Crippen LogP) is 4.64. The summed E-state index contributed by atoms with van der Waals surface area (Å²) >= 11 is 0. The van der Waals surface area contributed by atoms with Gasteiger partial charge in [-0.2, -0.15) is 13.2 Å². The summed E-state index contributed by atoms with van der Waals surface area (Å²) < 4.78 is 44.1. The molecular weight excluding hydrogens is 419 g/mol. The summed E-state index contributed by atoms with van der Waals surface area (Å²) in [5.74, 6) is 1.70. The normalized spacial score (nSPS) is 19.2. The molecule has 1 aliphatic carbocycles. The van der Waals surface area contributed by atoms with E-state index in [1.54, 1.807) is 6.26 Å². The van der Waals surface area contributed by atoms with E-state index in [-0.39, 0.29) is 0 Å². The van der Waals surface area contributed by atoms with Gasteiger partial charge in [0.25, 0.3) is 0 Å². The van der Waals surface area contributed by atoms with Gasteiger partial charge in [0.15, 0.2) is 11.4 Å². The Morgan fingerprint density at radius 3 is 2.50 bits per heavy atom. The lowest BCUT2D eigenvalue weighted by atomic mass is 9.95. The van der Waals surface area contributed by atoms with Gasteiger partial charge in [-0.3, -0.25) is 0 Å². The maximum atomic E-state index is 12.8. The van der Waals surface area contributed by atoms with Crippen molar-refractivity contribution in [2.75, 3.05) is 36.0 Å². The lowest BCUT2D eigenvalue weighted by Crippen LogP contribution is -2.47. The minimum Gasteiger partial charge on any atom is -0.462 e. The van der Waals surface area contributed by atoms with E-state index in [1.165, 1.54) is 6.07 Å². The monoisotopic (exact) mass is 441 g/mol. The molecule has 1 atom stereocenters. The smallest absolute Gasteiger partial charge is 0.417 e. The Kier molecular flexibility index (Phi) is 5.32. The van der Waals surface area contributed by atoms with E-state index in [0.29, 0.717) is 37.9 Å². The van der Waals surface area contributed by atoms with Crippen molar-refractivity contribution in [1.29, 1.82) is 0 Å². The molecule has 0 N–H and O–H groups in total. The van der Waals surface area contributed by atoms with Crippen molar-refractivity contribution in [2.24, 2.45) is 5.92 Å². The van der Waals surface area contributed by atoms with Crippen LogP contribution in [0.2, 0.25) is 0 Å². The number of nitrogens with zero attached hydrogens (tertiary/aromatic N) is 5. The van der Waals surface area contributed by atoms with Crippen LogP contribution in [0.4, 0.5) is 24.8 Å². The zero-order valence-electron chi connectivity index (χ0n) is 17.3. The molecule has 4 heterocycles. The third-order valence-corrected chi connectivity index (χ3v) is 5.94. The lowest BCUT2D eigenvalue weighted by Gasteiger charge is -2.36. The Morgan fingerprint density at radius 2 is 1.81 bits per heavy atom. The highest BCUT2D eigenvalue weighted by Gasteiger charge is 2.31. The molecule has 9 heteroatoms. The molecule has 1 aliphatic heterocycles. The first kappa shape index (κ1) is 20.5. The molecule has 166 valence electrons. The molecule has 1 saturated heterocycles. The second-order valence-electron chi connectivity index (χ2n) is 8.02. The van der Waals surface area contributed by atoms with Crippen LogP contribution in [-0.2, 0) is 12.6 Å². The standard InChI is InChI=1S/C23H22F3N5O/c24-23(25,26)17-6-7-20(27-15-17)30-9-11-31(12-10-30)22-18-8-13-32-21(18)19(28-29-22)14-16-4-2-1-3-5-16/h1-4,6-8,13,15-16H,5,9-12,14H2. The zero-order chi connectivity index (χ0) is 22.1. The van der Waals surface area contributed by atoms with Crippen LogP contribution in [0, 0.1) is 5.92 Å². The zero-order valence-corrected chi connectivity index (χ0v) is 17.3. The molecule has 5 rings (SSSR count). The van der Waals surface area contributed by atoms with Gasteiger partial charge in [0.05, 0.1) is 17.2 Å². The van der Waals surface area contributed by atoms with Gasteiger partial charge in [-0.1, -0.05) is 24.3 Å². The second-order valence-corrected chi connectivity index (χ2v) is 8.02. The average Bonchev–Trinajstić information content (AvgIpc) is 3.30. The van der Waals surface area contributed by atoms with Gasteiger partial charge < -0.3 is 14.2 Å². The minimum atomic E-state index is -4.38. The number of aromatic nitrogens is 3. The number of furan rings is 1.